The molecule has 0 radical (unpaired) electrons. The zero-order chi connectivity index (χ0) is 19.8. The summed E-state index contributed by atoms with van der Waals surface area (Å²) in [4.78, 5) is 2.39. The Morgan fingerprint density at radius 2 is 2.32 bits per heavy atom. The fraction of sp³-hybridized carbons (Fsp3) is 0.400. The van der Waals surface area contributed by atoms with Crippen LogP contribution in [0.15, 0.2) is 23.7 Å². The molecule has 3 aromatic heterocycles. The topological polar surface area (TPSA) is 63.8 Å². The minimum absolute atomic E-state index is 0.339. The Hall–Kier alpha value is -1.61. The molecule has 1 aliphatic carbocycles. The van der Waals surface area contributed by atoms with Gasteiger partial charge in [-0.3, -0.25) is 0 Å². The van der Waals surface area contributed by atoms with Crippen LogP contribution in [0.1, 0.15) is 34.6 Å². The van der Waals surface area contributed by atoms with Crippen LogP contribution >= 0.6 is 33.6 Å². The minimum Gasteiger partial charge on any atom is -0.378 e. The van der Waals surface area contributed by atoms with E-state index in [1.165, 1.54) is 15.8 Å². The number of halogens is 1. The van der Waals surface area contributed by atoms with E-state index in [9.17, 15) is 4.39 Å². The lowest BCUT2D eigenvalue weighted by atomic mass is 9.89. The van der Waals surface area contributed by atoms with Crippen molar-refractivity contribution in [3.63, 3.8) is 0 Å². The quantitative estimate of drug-likeness (QED) is 0.501. The van der Waals surface area contributed by atoms with Crippen LogP contribution in [-0.4, -0.2) is 32.6 Å². The summed E-state index contributed by atoms with van der Waals surface area (Å²) >= 11 is 3.39. The molecule has 0 amide bonds. The predicted molar refractivity (Wildman–Crippen MR) is 123 cm³/mol. The average molecular weight is 435 g/mol. The van der Waals surface area contributed by atoms with Gasteiger partial charge in [-0.1, -0.05) is 6.07 Å². The van der Waals surface area contributed by atoms with Gasteiger partial charge in [0.25, 0.3) is 0 Å². The molecule has 1 unspecified atom stereocenters. The third-order valence-corrected chi connectivity index (χ3v) is 7.91. The van der Waals surface area contributed by atoms with Crippen molar-refractivity contribution in [3.05, 3.63) is 39.0 Å². The molecule has 0 saturated heterocycles. The SMILES string of the molecule is C=S=CC(N)(Cc1sc2c(NCc3cccs3)cnnc2c1C)CC1(F)CC1. The van der Waals surface area contributed by atoms with Gasteiger partial charge in [-0.05, 0) is 48.0 Å². The Morgan fingerprint density at radius 1 is 1.50 bits per heavy atom. The first-order valence-electron chi connectivity index (χ1n) is 9.14. The molecule has 0 aromatic carbocycles. The van der Waals surface area contributed by atoms with Gasteiger partial charge in [0.15, 0.2) is 0 Å². The van der Waals surface area contributed by atoms with Gasteiger partial charge in [-0.2, -0.15) is 16.0 Å². The van der Waals surface area contributed by atoms with Gasteiger partial charge >= 0.3 is 0 Å². The summed E-state index contributed by atoms with van der Waals surface area (Å²) in [6.45, 7) is 2.80. The van der Waals surface area contributed by atoms with E-state index in [2.05, 4.69) is 32.8 Å². The first kappa shape index (κ1) is 19.7. The zero-order valence-corrected chi connectivity index (χ0v) is 18.2. The lowest BCUT2D eigenvalue weighted by Crippen LogP contribution is -2.46. The molecule has 1 fully saturated rings. The number of hydrogen-bond acceptors (Lipinski definition) is 6. The molecule has 0 bridgehead atoms. The number of thiophene rings is 2. The van der Waals surface area contributed by atoms with E-state index in [4.69, 9.17) is 5.73 Å². The van der Waals surface area contributed by atoms with Gasteiger partial charge in [0, 0.05) is 29.1 Å². The average Bonchev–Trinajstić information content (AvgIpc) is 3.05. The number of anilines is 1. The molecule has 1 aliphatic rings. The highest BCUT2D eigenvalue weighted by molar-refractivity contribution is 7.95. The van der Waals surface area contributed by atoms with Crippen LogP contribution in [0.2, 0.25) is 0 Å². The summed E-state index contributed by atoms with van der Waals surface area (Å²) in [5.74, 6) is 3.82. The van der Waals surface area contributed by atoms with Gasteiger partial charge in [0.2, 0.25) is 0 Å². The molecule has 1 saturated carbocycles. The molecule has 1 atom stereocenters. The maximum Gasteiger partial charge on any atom is 0.113 e. The molecule has 8 heteroatoms. The predicted octanol–water partition coefficient (Wildman–Crippen LogP) is 4.77. The van der Waals surface area contributed by atoms with Crippen LogP contribution in [0.4, 0.5) is 10.1 Å². The van der Waals surface area contributed by atoms with Gasteiger partial charge in [0.05, 0.1) is 22.1 Å². The van der Waals surface area contributed by atoms with Crippen molar-refractivity contribution in [1.82, 2.24) is 10.2 Å². The molecule has 4 nitrogen and oxygen atoms in total. The first-order chi connectivity index (χ1) is 13.4. The van der Waals surface area contributed by atoms with Gasteiger partial charge in [-0.25, -0.2) is 4.39 Å². The molecule has 0 spiro atoms. The number of aryl methyl sites for hydroxylation is 1. The van der Waals surface area contributed by atoms with E-state index >= 15 is 0 Å². The second-order valence-electron chi connectivity index (χ2n) is 7.54. The van der Waals surface area contributed by atoms with Crippen LogP contribution in [0.25, 0.3) is 10.2 Å². The Bertz CT molecular complexity index is 1040. The van der Waals surface area contributed by atoms with E-state index in [1.54, 1.807) is 28.9 Å². The number of fused-ring (bicyclic) bond motifs is 1. The lowest BCUT2D eigenvalue weighted by molar-refractivity contribution is 0.254. The molecule has 3 aromatic rings. The van der Waals surface area contributed by atoms with Crippen molar-refractivity contribution >= 4 is 60.8 Å². The maximum atomic E-state index is 14.5. The second-order valence-corrected chi connectivity index (χ2v) is 10.2. The summed E-state index contributed by atoms with van der Waals surface area (Å²) in [6, 6.07) is 4.15. The Labute approximate surface area is 175 Å². The third kappa shape index (κ3) is 4.20. The van der Waals surface area contributed by atoms with Gasteiger partial charge < -0.3 is 11.1 Å². The molecule has 3 heterocycles. The Kier molecular flexibility index (Phi) is 5.39. The smallest absolute Gasteiger partial charge is 0.113 e. The van der Waals surface area contributed by atoms with Crippen molar-refractivity contribution in [3.8, 4) is 0 Å². The second kappa shape index (κ2) is 7.67. The summed E-state index contributed by atoms with van der Waals surface area (Å²) in [6.07, 6.45) is 3.90. The molecular formula is C20H23FN4S3. The molecule has 28 heavy (non-hydrogen) atoms. The van der Waals surface area contributed by atoms with Crippen molar-refractivity contribution in [1.29, 1.82) is 0 Å². The zero-order valence-electron chi connectivity index (χ0n) is 15.7. The Morgan fingerprint density at radius 3 is 3.00 bits per heavy atom. The maximum absolute atomic E-state index is 14.5. The number of nitrogens with zero attached hydrogens (tertiary/aromatic N) is 2. The molecule has 4 rings (SSSR count). The Balaban J connectivity index is 1.63. The van der Waals surface area contributed by atoms with Crippen molar-refractivity contribution < 1.29 is 4.39 Å². The van der Waals surface area contributed by atoms with Crippen molar-refractivity contribution in [2.45, 2.75) is 50.4 Å². The summed E-state index contributed by atoms with van der Waals surface area (Å²) in [7, 11) is 1.32. The highest BCUT2D eigenvalue weighted by Gasteiger charge is 2.48. The molecule has 3 N–H and O–H groups in total. The highest BCUT2D eigenvalue weighted by Crippen LogP contribution is 2.46. The fourth-order valence-corrected chi connectivity index (χ4v) is 5.97. The first-order valence-corrected chi connectivity index (χ1v) is 11.9. The van der Waals surface area contributed by atoms with Crippen LogP contribution in [0.5, 0.6) is 0 Å². The molecular weight excluding hydrogens is 411 g/mol. The molecule has 148 valence electrons. The number of rotatable bonds is 8. The van der Waals surface area contributed by atoms with E-state index in [0.29, 0.717) is 25.7 Å². The van der Waals surface area contributed by atoms with Crippen LogP contribution < -0.4 is 11.1 Å². The number of alkyl halides is 1. The van der Waals surface area contributed by atoms with Crippen LogP contribution in [0.3, 0.4) is 0 Å². The van der Waals surface area contributed by atoms with E-state index in [0.717, 1.165) is 32.9 Å². The van der Waals surface area contributed by atoms with Crippen LogP contribution in [-0.2, 0) is 13.0 Å². The number of nitrogens with two attached hydrogens (primary N) is 1. The summed E-state index contributed by atoms with van der Waals surface area (Å²) in [5.41, 5.74) is 7.73. The monoisotopic (exact) mass is 434 g/mol. The van der Waals surface area contributed by atoms with E-state index < -0.39 is 11.2 Å². The third-order valence-electron chi connectivity index (χ3n) is 5.08. The van der Waals surface area contributed by atoms with Crippen molar-refractivity contribution in [2.75, 3.05) is 5.32 Å². The normalized spacial score (nSPS) is 17.2. The van der Waals surface area contributed by atoms with Gasteiger partial charge in [-0.15, -0.1) is 27.8 Å². The van der Waals surface area contributed by atoms with E-state index in [-0.39, 0.29) is 0 Å². The molecule has 0 aliphatic heterocycles. The number of aromatic nitrogens is 2. The van der Waals surface area contributed by atoms with Crippen molar-refractivity contribution in [2.24, 2.45) is 5.73 Å². The minimum atomic E-state index is -1.11. The van der Waals surface area contributed by atoms with E-state index in [1.807, 2.05) is 18.4 Å². The van der Waals surface area contributed by atoms with Gasteiger partial charge in [0.1, 0.15) is 11.2 Å². The largest absolute Gasteiger partial charge is 0.378 e. The summed E-state index contributed by atoms with van der Waals surface area (Å²) in [5, 5.41) is 16.0. The summed E-state index contributed by atoms with van der Waals surface area (Å²) < 4.78 is 15.5. The fourth-order valence-electron chi connectivity index (χ4n) is 3.46. The number of hydrogen-bond donors (Lipinski definition) is 2. The highest BCUT2D eigenvalue weighted by atomic mass is 32.1. The number of nitrogens with one attached hydrogen (secondary N) is 1. The lowest BCUT2D eigenvalue weighted by Gasteiger charge is -2.26. The standard InChI is InChI=1S/C20H23FN4S3/c1-13-16(8-20(22,12-26-2)11-19(21)5-6-19)28-18-15(10-24-25-17(13)18)23-9-14-4-3-7-27-14/h3-4,7,10,12H,2,5-6,8-9,11,22H2,1H3,(H,23,25). The van der Waals surface area contributed by atoms with Crippen LogP contribution in [0, 0.1) is 6.92 Å².